The van der Waals surface area contributed by atoms with Crippen molar-refractivity contribution in [3.05, 3.63) is 70.5 Å². The summed E-state index contributed by atoms with van der Waals surface area (Å²) in [5.74, 6) is -3.93. The number of hydrazine groups is 1. The predicted molar refractivity (Wildman–Crippen MR) is 85.5 cm³/mol. The molecule has 11 heteroatoms. The molecule has 0 unspecified atom stereocenters. The number of nitrogens with zero attached hydrogens (tertiary/aromatic N) is 4. The molecule has 0 atom stereocenters. The molecule has 3 aromatic rings. The average Bonchev–Trinajstić information content (AvgIpc) is 3.17. The molecule has 1 aromatic heterocycles. The quantitative estimate of drug-likeness (QED) is 0.533. The van der Waals surface area contributed by atoms with Crippen LogP contribution in [0.5, 0.6) is 0 Å². The van der Waals surface area contributed by atoms with E-state index >= 15 is 0 Å². The van der Waals surface area contributed by atoms with E-state index in [4.69, 9.17) is 11.6 Å². The van der Waals surface area contributed by atoms with Crippen molar-refractivity contribution in [3.8, 4) is 5.69 Å². The van der Waals surface area contributed by atoms with Gasteiger partial charge in [0, 0.05) is 5.56 Å². The van der Waals surface area contributed by atoms with Gasteiger partial charge in [0.25, 0.3) is 11.8 Å². The highest BCUT2D eigenvalue weighted by atomic mass is 35.5. The zero-order valence-electron chi connectivity index (χ0n) is 12.8. The fraction of sp³-hybridized carbons (Fsp3) is 0. The first-order chi connectivity index (χ1) is 12.5. The minimum Gasteiger partial charge on any atom is -0.267 e. The first kappa shape index (κ1) is 17.4. The number of rotatable bonds is 3. The summed E-state index contributed by atoms with van der Waals surface area (Å²) in [6.07, 6.45) is 1.39. The number of halogens is 3. The van der Waals surface area contributed by atoms with Crippen LogP contribution >= 0.6 is 11.6 Å². The lowest BCUT2D eigenvalue weighted by Crippen LogP contribution is -2.41. The molecule has 3 rings (SSSR count). The Balaban J connectivity index is 1.65. The van der Waals surface area contributed by atoms with Gasteiger partial charge in [-0.3, -0.25) is 20.4 Å². The van der Waals surface area contributed by atoms with Crippen molar-refractivity contribution in [2.75, 3.05) is 0 Å². The largest absolute Gasteiger partial charge is 0.271 e. The lowest BCUT2D eigenvalue weighted by molar-refractivity contribution is 0.0846. The summed E-state index contributed by atoms with van der Waals surface area (Å²) in [6, 6.07) is 7.48. The maximum atomic E-state index is 13.2. The summed E-state index contributed by atoms with van der Waals surface area (Å²) in [5, 5.41) is 10.4. The van der Waals surface area contributed by atoms with Crippen LogP contribution in [0.25, 0.3) is 5.69 Å². The van der Waals surface area contributed by atoms with Crippen molar-refractivity contribution >= 4 is 23.4 Å². The lowest BCUT2D eigenvalue weighted by atomic mass is 10.2. The minimum absolute atomic E-state index is 0.235. The Bertz CT molecular complexity index is 963. The zero-order chi connectivity index (χ0) is 18.7. The van der Waals surface area contributed by atoms with E-state index in [1.54, 1.807) is 12.1 Å². The topological polar surface area (TPSA) is 102 Å². The van der Waals surface area contributed by atoms with E-state index in [0.29, 0.717) is 17.8 Å². The summed E-state index contributed by atoms with van der Waals surface area (Å²) in [5.41, 5.74) is 4.77. The predicted octanol–water partition coefficient (Wildman–Crippen LogP) is 1.67. The Morgan fingerprint density at radius 1 is 1.00 bits per heavy atom. The summed E-state index contributed by atoms with van der Waals surface area (Å²) in [4.78, 5) is 24.0. The molecule has 26 heavy (non-hydrogen) atoms. The fourth-order valence-corrected chi connectivity index (χ4v) is 2.23. The van der Waals surface area contributed by atoms with Crippen LogP contribution in [-0.2, 0) is 0 Å². The maximum absolute atomic E-state index is 13.2. The molecule has 0 aliphatic rings. The van der Waals surface area contributed by atoms with Gasteiger partial charge in [-0.05, 0) is 46.8 Å². The molecule has 0 saturated heterocycles. The van der Waals surface area contributed by atoms with E-state index in [1.807, 2.05) is 0 Å². The fourth-order valence-electron chi connectivity index (χ4n) is 1.99. The summed E-state index contributed by atoms with van der Waals surface area (Å²) < 4.78 is 27.6. The van der Waals surface area contributed by atoms with E-state index in [0.717, 1.165) is 0 Å². The van der Waals surface area contributed by atoms with Crippen LogP contribution < -0.4 is 10.9 Å². The van der Waals surface area contributed by atoms with Crippen molar-refractivity contribution in [1.82, 2.24) is 31.1 Å². The first-order valence-electron chi connectivity index (χ1n) is 7.04. The number of benzene rings is 2. The highest BCUT2D eigenvalue weighted by Gasteiger charge is 2.16. The van der Waals surface area contributed by atoms with E-state index < -0.39 is 23.4 Å². The molecule has 8 nitrogen and oxygen atoms in total. The molecule has 132 valence electrons. The van der Waals surface area contributed by atoms with E-state index in [1.165, 1.54) is 23.1 Å². The van der Waals surface area contributed by atoms with Crippen LogP contribution in [0.3, 0.4) is 0 Å². The van der Waals surface area contributed by atoms with E-state index in [2.05, 4.69) is 26.4 Å². The SMILES string of the molecule is O=C(NNC(=O)c1cc(F)c(F)cc1Cl)c1ccc(-n2cnnn2)cc1. The Kier molecular flexibility index (Phi) is 4.85. The number of tetrazole rings is 1. The van der Waals surface area contributed by atoms with Crippen molar-refractivity contribution < 1.29 is 18.4 Å². The molecule has 0 bridgehead atoms. The van der Waals surface area contributed by atoms with Crippen molar-refractivity contribution in [1.29, 1.82) is 0 Å². The second kappa shape index (κ2) is 7.23. The standard InChI is InChI=1S/C15H9ClF2N6O2/c16-11-6-13(18)12(17)5-10(11)15(26)21-20-14(25)8-1-3-9(4-2-8)24-7-19-22-23-24/h1-7H,(H,20,25)(H,21,26). The van der Waals surface area contributed by atoms with Crippen LogP contribution in [-0.4, -0.2) is 32.0 Å². The summed E-state index contributed by atoms with van der Waals surface area (Å²) in [7, 11) is 0. The normalized spacial score (nSPS) is 10.4. The minimum atomic E-state index is -1.23. The third kappa shape index (κ3) is 3.64. The molecule has 0 fully saturated rings. The zero-order valence-corrected chi connectivity index (χ0v) is 13.5. The van der Waals surface area contributed by atoms with Gasteiger partial charge in [0.2, 0.25) is 0 Å². The lowest BCUT2D eigenvalue weighted by Gasteiger charge is -2.09. The first-order valence-corrected chi connectivity index (χ1v) is 7.42. The van der Waals surface area contributed by atoms with Gasteiger partial charge in [0.15, 0.2) is 11.6 Å². The van der Waals surface area contributed by atoms with Gasteiger partial charge < -0.3 is 0 Å². The second-order valence-electron chi connectivity index (χ2n) is 4.96. The average molecular weight is 379 g/mol. The molecular formula is C15H9ClF2N6O2. The molecule has 2 amide bonds. The van der Waals surface area contributed by atoms with E-state index in [-0.39, 0.29) is 16.1 Å². The molecule has 0 spiro atoms. The van der Waals surface area contributed by atoms with Crippen molar-refractivity contribution in [2.45, 2.75) is 0 Å². The van der Waals surface area contributed by atoms with Gasteiger partial charge in [-0.1, -0.05) is 11.6 Å². The van der Waals surface area contributed by atoms with Gasteiger partial charge >= 0.3 is 0 Å². The molecule has 0 radical (unpaired) electrons. The monoisotopic (exact) mass is 378 g/mol. The Morgan fingerprint density at radius 2 is 1.65 bits per heavy atom. The molecular weight excluding hydrogens is 370 g/mol. The molecule has 1 heterocycles. The maximum Gasteiger partial charge on any atom is 0.271 e. The molecule has 0 saturated carbocycles. The van der Waals surface area contributed by atoms with Gasteiger partial charge in [-0.15, -0.1) is 5.10 Å². The van der Waals surface area contributed by atoms with Crippen molar-refractivity contribution in [3.63, 3.8) is 0 Å². The highest BCUT2D eigenvalue weighted by molar-refractivity contribution is 6.33. The summed E-state index contributed by atoms with van der Waals surface area (Å²) >= 11 is 5.70. The number of hydrogen-bond acceptors (Lipinski definition) is 5. The van der Waals surface area contributed by atoms with Crippen LogP contribution in [0.2, 0.25) is 5.02 Å². The molecule has 0 aliphatic carbocycles. The smallest absolute Gasteiger partial charge is 0.267 e. The number of carbonyl (C=O) groups is 2. The highest BCUT2D eigenvalue weighted by Crippen LogP contribution is 2.19. The van der Waals surface area contributed by atoms with Crippen LogP contribution in [0.1, 0.15) is 20.7 Å². The molecule has 0 aliphatic heterocycles. The number of carbonyl (C=O) groups excluding carboxylic acids is 2. The van der Waals surface area contributed by atoms with Crippen LogP contribution in [0.4, 0.5) is 8.78 Å². The second-order valence-corrected chi connectivity index (χ2v) is 5.36. The Morgan fingerprint density at radius 3 is 2.31 bits per heavy atom. The summed E-state index contributed by atoms with van der Waals surface area (Å²) in [6.45, 7) is 0. The Labute approximate surface area is 149 Å². The van der Waals surface area contributed by atoms with Gasteiger partial charge in [0.05, 0.1) is 16.3 Å². The van der Waals surface area contributed by atoms with Gasteiger partial charge in [-0.2, -0.15) is 0 Å². The number of aromatic nitrogens is 4. The van der Waals surface area contributed by atoms with Gasteiger partial charge in [0.1, 0.15) is 6.33 Å². The molecule has 2 N–H and O–H groups in total. The molecule has 2 aromatic carbocycles. The number of hydrogen-bond donors (Lipinski definition) is 2. The van der Waals surface area contributed by atoms with Crippen LogP contribution in [0, 0.1) is 11.6 Å². The third-order valence-electron chi connectivity index (χ3n) is 3.29. The third-order valence-corrected chi connectivity index (χ3v) is 3.60. The number of nitrogens with one attached hydrogen (secondary N) is 2. The van der Waals surface area contributed by atoms with Crippen molar-refractivity contribution in [2.24, 2.45) is 0 Å². The van der Waals surface area contributed by atoms with Crippen LogP contribution in [0.15, 0.2) is 42.7 Å². The number of amides is 2. The van der Waals surface area contributed by atoms with E-state index in [9.17, 15) is 18.4 Å². The Hall–Kier alpha value is -3.40. The van der Waals surface area contributed by atoms with Gasteiger partial charge in [-0.25, -0.2) is 13.5 Å².